The molecule has 1 aromatic heterocycles. The molecule has 3 N–H and O–H groups in total. The lowest BCUT2D eigenvalue weighted by Crippen LogP contribution is -2.35. The fourth-order valence-corrected chi connectivity index (χ4v) is 2.76. The summed E-state index contributed by atoms with van der Waals surface area (Å²) < 4.78 is 0. The summed E-state index contributed by atoms with van der Waals surface area (Å²) in [6, 6.07) is 8.03. The van der Waals surface area contributed by atoms with E-state index in [9.17, 15) is 0 Å². The van der Waals surface area contributed by atoms with Gasteiger partial charge in [0.2, 0.25) is 0 Å². The van der Waals surface area contributed by atoms with Crippen molar-refractivity contribution in [1.29, 1.82) is 0 Å². The van der Waals surface area contributed by atoms with E-state index in [4.69, 9.17) is 17.3 Å². The number of rotatable bonds is 6. The van der Waals surface area contributed by atoms with Crippen LogP contribution in [0.4, 0.5) is 5.69 Å². The Kier molecular flexibility index (Phi) is 5.21. The van der Waals surface area contributed by atoms with Gasteiger partial charge in [-0.3, -0.25) is 4.98 Å². The smallest absolute Gasteiger partial charge is 0.0948 e. The van der Waals surface area contributed by atoms with Gasteiger partial charge in [0.15, 0.2) is 0 Å². The Morgan fingerprint density at radius 1 is 1.35 bits per heavy atom. The van der Waals surface area contributed by atoms with Gasteiger partial charge in [0.05, 0.1) is 16.2 Å². The molecule has 0 aliphatic carbocycles. The molecule has 4 heteroatoms. The summed E-state index contributed by atoms with van der Waals surface area (Å²) in [7, 11) is 0. The Hall–Kier alpha value is -1.32. The molecule has 0 aliphatic rings. The highest BCUT2D eigenvalue weighted by Gasteiger charge is 2.16. The van der Waals surface area contributed by atoms with Crippen molar-refractivity contribution in [3.05, 3.63) is 35.5 Å². The lowest BCUT2D eigenvalue weighted by molar-refractivity contribution is 0.450. The lowest BCUT2D eigenvalue weighted by atomic mass is 9.96. The van der Waals surface area contributed by atoms with Crippen molar-refractivity contribution in [3.8, 4) is 0 Å². The number of pyridine rings is 1. The van der Waals surface area contributed by atoms with Crippen molar-refractivity contribution in [2.45, 2.75) is 32.7 Å². The third-order valence-electron chi connectivity index (χ3n) is 3.74. The summed E-state index contributed by atoms with van der Waals surface area (Å²) in [5, 5.41) is 5.23. The first-order valence-electron chi connectivity index (χ1n) is 7.17. The predicted molar refractivity (Wildman–Crippen MR) is 87.3 cm³/mol. The second-order valence-corrected chi connectivity index (χ2v) is 5.65. The molecule has 20 heavy (non-hydrogen) atoms. The first kappa shape index (κ1) is 15.1. The molecule has 0 amide bonds. The van der Waals surface area contributed by atoms with Crippen LogP contribution in [0.3, 0.4) is 0 Å². The maximum Gasteiger partial charge on any atom is 0.0948 e. The summed E-state index contributed by atoms with van der Waals surface area (Å²) in [4.78, 5) is 4.45. The predicted octanol–water partition coefficient (Wildman–Crippen LogP) is 4.06. The molecule has 0 saturated heterocycles. The van der Waals surface area contributed by atoms with Gasteiger partial charge < -0.3 is 11.1 Å². The minimum atomic E-state index is 0.251. The molecule has 108 valence electrons. The van der Waals surface area contributed by atoms with Crippen molar-refractivity contribution in [1.82, 2.24) is 4.98 Å². The minimum absolute atomic E-state index is 0.251. The van der Waals surface area contributed by atoms with Gasteiger partial charge in [-0.1, -0.05) is 31.9 Å². The number of fused-ring (bicyclic) bond motifs is 1. The van der Waals surface area contributed by atoms with Crippen molar-refractivity contribution < 1.29 is 0 Å². The SMILES string of the molecule is CCCC(C)C(CN)Nc1ccc(Cl)c2cccnc12. The van der Waals surface area contributed by atoms with Crippen molar-refractivity contribution >= 4 is 28.2 Å². The van der Waals surface area contributed by atoms with Crippen LogP contribution in [-0.2, 0) is 0 Å². The van der Waals surface area contributed by atoms with Gasteiger partial charge in [-0.25, -0.2) is 0 Å². The van der Waals surface area contributed by atoms with Crippen LogP contribution in [0.25, 0.3) is 10.9 Å². The number of nitrogens with two attached hydrogens (primary N) is 1. The Bertz CT molecular complexity index is 571. The number of halogens is 1. The first-order chi connectivity index (χ1) is 9.67. The molecular formula is C16H22ClN3. The molecule has 2 unspecified atom stereocenters. The number of nitrogens with one attached hydrogen (secondary N) is 1. The molecule has 1 heterocycles. The number of benzene rings is 1. The molecule has 0 saturated carbocycles. The maximum atomic E-state index is 6.22. The average Bonchev–Trinajstić information content (AvgIpc) is 2.47. The summed E-state index contributed by atoms with van der Waals surface area (Å²) in [5.41, 5.74) is 7.82. The zero-order valence-corrected chi connectivity index (χ0v) is 12.8. The van der Waals surface area contributed by atoms with E-state index >= 15 is 0 Å². The third kappa shape index (κ3) is 3.22. The van der Waals surface area contributed by atoms with Crippen LogP contribution in [-0.4, -0.2) is 17.6 Å². The zero-order chi connectivity index (χ0) is 14.5. The zero-order valence-electron chi connectivity index (χ0n) is 12.1. The molecular weight excluding hydrogens is 270 g/mol. The monoisotopic (exact) mass is 291 g/mol. The van der Waals surface area contributed by atoms with Crippen LogP contribution in [0.2, 0.25) is 5.02 Å². The Balaban J connectivity index is 2.31. The lowest BCUT2D eigenvalue weighted by Gasteiger charge is -2.25. The van der Waals surface area contributed by atoms with E-state index in [-0.39, 0.29) is 6.04 Å². The summed E-state index contributed by atoms with van der Waals surface area (Å²) in [5.74, 6) is 0.527. The van der Waals surface area contributed by atoms with E-state index in [0.29, 0.717) is 12.5 Å². The van der Waals surface area contributed by atoms with Crippen molar-refractivity contribution in [2.75, 3.05) is 11.9 Å². The second-order valence-electron chi connectivity index (χ2n) is 5.25. The highest BCUT2D eigenvalue weighted by atomic mass is 35.5. The van der Waals surface area contributed by atoms with Gasteiger partial charge in [0.1, 0.15) is 0 Å². The molecule has 0 aliphatic heterocycles. The van der Waals surface area contributed by atoms with Crippen LogP contribution in [0.1, 0.15) is 26.7 Å². The van der Waals surface area contributed by atoms with Crippen molar-refractivity contribution in [2.24, 2.45) is 11.7 Å². The average molecular weight is 292 g/mol. The summed E-state index contributed by atoms with van der Waals surface area (Å²) >= 11 is 6.22. The minimum Gasteiger partial charge on any atom is -0.379 e. The Morgan fingerprint density at radius 3 is 2.85 bits per heavy atom. The van der Waals surface area contributed by atoms with Crippen LogP contribution in [0.15, 0.2) is 30.5 Å². The molecule has 2 aromatic rings. The van der Waals surface area contributed by atoms with E-state index in [1.165, 1.54) is 6.42 Å². The van der Waals surface area contributed by atoms with E-state index in [1.807, 2.05) is 24.3 Å². The van der Waals surface area contributed by atoms with E-state index in [0.717, 1.165) is 28.0 Å². The highest BCUT2D eigenvalue weighted by Crippen LogP contribution is 2.29. The van der Waals surface area contributed by atoms with Crippen LogP contribution in [0.5, 0.6) is 0 Å². The van der Waals surface area contributed by atoms with Crippen molar-refractivity contribution in [3.63, 3.8) is 0 Å². The molecule has 0 fully saturated rings. The fraction of sp³-hybridized carbons (Fsp3) is 0.438. The van der Waals surface area contributed by atoms with Crippen LogP contribution >= 0.6 is 11.6 Å². The molecule has 0 spiro atoms. The normalized spacial score (nSPS) is 14.2. The third-order valence-corrected chi connectivity index (χ3v) is 4.07. The molecule has 2 rings (SSSR count). The van der Waals surface area contributed by atoms with Crippen LogP contribution < -0.4 is 11.1 Å². The Labute approximate surface area is 125 Å². The first-order valence-corrected chi connectivity index (χ1v) is 7.55. The maximum absolute atomic E-state index is 6.22. The second kappa shape index (κ2) is 6.91. The van der Waals surface area contributed by atoms with E-state index in [2.05, 4.69) is 24.1 Å². The Morgan fingerprint density at radius 2 is 2.15 bits per heavy atom. The van der Waals surface area contributed by atoms with Gasteiger partial charge in [0, 0.05) is 24.2 Å². The number of aromatic nitrogens is 1. The molecule has 0 radical (unpaired) electrons. The highest BCUT2D eigenvalue weighted by molar-refractivity contribution is 6.35. The standard InChI is InChI=1S/C16H22ClN3/c1-3-5-11(2)15(10-18)20-14-8-7-13(17)12-6-4-9-19-16(12)14/h4,6-9,11,15,20H,3,5,10,18H2,1-2H3. The number of hydrogen-bond acceptors (Lipinski definition) is 3. The van der Waals surface area contributed by atoms with Crippen LogP contribution in [0, 0.1) is 5.92 Å². The molecule has 0 bridgehead atoms. The molecule has 1 aromatic carbocycles. The van der Waals surface area contributed by atoms with Gasteiger partial charge in [-0.05, 0) is 36.6 Å². The summed E-state index contributed by atoms with van der Waals surface area (Å²) in [6.07, 6.45) is 4.11. The quantitative estimate of drug-likeness (QED) is 0.844. The fourth-order valence-electron chi connectivity index (χ4n) is 2.54. The number of hydrogen-bond donors (Lipinski definition) is 2. The number of anilines is 1. The molecule has 2 atom stereocenters. The topological polar surface area (TPSA) is 50.9 Å². The van der Waals surface area contributed by atoms with Gasteiger partial charge >= 0.3 is 0 Å². The molecule has 3 nitrogen and oxygen atoms in total. The van der Waals surface area contributed by atoms with Gasteiger partial charge in [-0.15, -0.1) is 0 Å². The van der Waals surface area contributed by atoms with Gasteiger partial charge in [0.25, 0.3) is 0 Å². The summed E-state index contributed by atoms with van der Waals surface area (Å²) in [6.45, 7) is 5.04. The van der Waals surface area contributed by atoms with Gasteiger partial charge in [-0.2, -0.15) is 0 Å². The van der Waals surface area contributed by atoms with E-state index < -0.39 is 0 Å². The largest absolute Gasteiger partial charge is 0.379 e. The van der Waals surface area contributed by atoms with E-state index in [1.54, 1.807) is 6.20 Å². The number of nitrogens with zero attached hydrogens (tertiary/aromatic N) is 1.